The number of aromatic amines is 1. The predicted molar refractivity (Wildman–Crippen MR) is 67.3 cm³/mol. The molecular formula is C10H14N4S2. The molecule has 0 radical (unpaired) electrons. The maximum absolute atomic E-state index is 5.26. The van der Waals surface area contributed by atoms with Crippen molar-refractivity contribution in [2.45, 2.75) is 32.7 Å². The lowest BCUT2D eigenvalue weighted by molar-refractivity contribution is 0.586. The highest BCUT2D eigenvalue weighted by molar-refractivity contribution is 7.71. The molecule has 0 spiro atoms. The highest BCUT2D eigenvalue weighted by Crippen LogP contribution is 2.21. The molecule has 1 unspecified atom stereocenters. The summed E-state index contributed by atoms with van der Waals surface area (Å²) in [6.07, 6.45) is 3.81. The summed E-state index contributed by atoms with van der Waals surface area (Å²) < 4.78 is 2.73. The smallest absolute Gasteiger partial charge is 0.195 e. The fourth-order valence-electron chi connectivity index (χ4n) is 1.69. The van der Waals surface area contributed by atoms with Crippen LogP contribution in [0.25, 0.3) is 0 Å². The minimum atomic E-state index is 0.160. The Balaban J connectivity index is 2.39. The first-order valence-electron chi connectivity index (χ1n) is 5.29. The molecule has 0 aliphatic carbocycles. The summed E-state index contributed by atoms with van der Waals surface area (Å²) in [5, 5.41) is 10.2. The second-order valence-corrected chi connectivity index (χ2v) is 4.92. The Labute approximate surface area is 103 Å². The summed E-state index contributed by atoms with van der Waals surface area (Å²) in [7, 11) is 0. The molecule has 0 aromatic carbocycles. The van der Waals surface area contributed by atoms with Crippen LogP contribution in [0.5, 0.6) is 0 Å². The van der Waals surface area contributed by atoms with Gasteiger partial charge < -0.3 is 0 Å². The topological polar surface area (TPSA) is 46.5 Å². The van der Waals surface area contributed by atoms with Crippen molar-refractivity contribution >= 4 is 23.6 Å². The average Bonchev–Trinajstić information content (AvgIpc) is 2.88. The first kappa shape index (κ1) is 11.5. The van der Waals surface area contributed by atoms with Crippen molar-refractivity contribution in [3.63, 3.8) is 0 Å². The second-order valence-electron chi connectivity index (χ2n) is 3.61. The maximum atomic E-state index is 5.26. The van der Waals surface area contributed by atoms with Crippen LogP contribution in [-0.4, -0.2) is 19.7 Å². The van der Waals surface area contributed by atoms with E-state index in [9.17, 15) is 0 Å². The van der Waals surface area contributed by atoms with Gasteiger partial charge in [-0.1, -0.05) is 6.92 Å². The number of hydrogen-bond donors (Lipinski definition) is 1. The van der Waals surface area contributed by atoms with Gasteiger partial charge in [0, 0.05) is 18.0 Å². The van der Waals surface area contributed by atoms with E-state index in [0.29, 0.717) is 4.77 Å². The minimum Gasteiger partial charge on any atom is -0.294 e. The molecule has 2 heterocycles. The molecule has 6 heteroatoms. The lowest BCUT2D eigenvalue weighted by Crippen LogP contribution is -2.10. The van der Waals surface area contributed by atoms with Crippen molar-refractivity contribution in [2.24, 2.45) is 0 Å². The Morgan fingerprint density at radius 3 is 3.06 bits per heavy atom. The number of hydrogen-bond acceptors (Lipinski definition) is 4. The summed E-state index contributed by atoms with van der Waals surface area (Å²) in [6.45, 7) is 4.24. The molecule has 0 saturated carbocycles. The molecule has 0 bridgehead atoms. The third kappa shape index (κ3) is 2.08. The van der Waals surface area contributed by atoms with Crippen LogP contribution in [0.2, 0.25) is 0 Å². The van der Waals surface area contributed by atoms with Crippen molar-refractivity contribution in [1.82, 2.24) is 19.7 Å². The molecule has 2 aromatic rings. The van der Waals surface area contributed by atoms with Gasteiger partial charge in [-0.05, 0) is 25.6 Å². The highest BCUT2D eigenvalue weighted by atomic mass is 32.1. The van der Waals surface area contributed by atoms with E-state index in [2.05, 4.69) is 33.6 Å². The van der Waals surface area contributed by atoms with E-state index in [0.717, 1.165) is 23.7 Å². The number of aryl methyl sites for hydroxylation is 1. The first-order chi connectivity index (χ1) is 7.74. The zero-order chi connectivity index (χ0) is 11.5. The van der Waals surface area contributed by atoms with Crippen molar-refractivity contribution in [3.8, 4) is 0 Å². The summed E-state index contributed by atoms with van der Waals surface area (Å²) in [4.78, 5) is 4.32. The van der Waals surface area contributed by atoms with Crippen LogP contribution in [0.4, 0.5) is 0 Å². The molecule has 0 aliphatic heterocycles. The van der Waals surface area contributed by atoms with Crippen LogP contribution >= 0.6 is 23.6 Å². The number of H-pyrrole nitrogens is 1. The quantitative estimate of drug-likeness (QED) is 0.853. The van der Waals surface area contributed by atoms with E-state index < -0.39 is 0 Å². The minimum absolute atomic E-state index is 0.160. The average molecular weight is 254 g/mol. The number of aromatic nitrogens is 4. The molecule has 2 rings (SSSR count). The fraction of sp³-hybridized carbons (Fsp3) is 0.500. The van der Waals surface area contributed by atoms with Crippen LogP contribution in [0.15, 0.2) is 11.6 Å². The van der Waals surface area contributed by atoms with E-state index in [-0.39, 0.29) is 6.04 Å². The first-order valence-corrected chi connectivity index (χ1v) is 6.58. The zero-order valence-corrected chi connectivity index (χ0v) is 10.9. The third-order valence-electron chi connectivity index (χ3n) is 2.45. The lowest BCUT2D eigenvalue weighted by atomic mass is 10.3. The molecule has 16 heavy (non-hydrogen) atoms. The standard InChI is InChI=1S/C10H14N4S2/c1-3-4-8-12-13-10(15)14(8)7(2)9-11-5-6-16-9/h5-7H,3-4H2,1-2H3,(H,13,15). The maximum Gasteiger partial charge on any atom is 0.195 e. The van der Waals surface area contributed by atoms with Crippen LogP contribution in [0.3, 0.4) is 0 Å². The van der Waals surface area contributed by atoms with Crippen LogP contribution in [0.1, 0.15) is 37.1 Å². The van der Waals surface area contributed by atoms with Crippen LogP contribution in [0, 0.1) is 4.77 Å². The SMILES string of the molecule is CCCc1n[nH]c(=S)n1C(C)c1nccs1. The monoisotopic (exact) mass is 254 g/mol. The van der Waals surface area contributed by atoms with E-state index in [1.165, 1.54) is 0 Å². The number of rotatable bonds is 4. The van der Waals surface area contributed by atoms with Gasteiger partial charge in [0.05, 0.1) is 6.04 Å². The van der Waals surface area contributed by atoms with Gasteiger partial charge in [-0.2, -0.15) is 5.10 Å². The van der Waals surface area contributed by atoms with Gasteiger partial charge in [0.15, 0.2) is 4.77 Å². The number of thiazole rings is 1. The van der Waals surface area contributed by atoms with Gasteiger partial charge in [-0.15, -0.1) is 11.3 Å². The molecule has 0 saturated heterocycles. The summed E-state index contributed by atoms with van der Waals surface area (Å²) in [6, 6.07) is 0.160. The number of nitrogens with one attached hydrogen (secondary N) is 1. The molecule has 2 aromatic heterocycles. The second kappa shape index (κ2) is 4.88. The molecule has 0 amide bonds. The van der Waals surface area contributed by atoms with E-state index >= 15 is 0 Å². The van der Waals surface area contributed by atoms with Crippen molar-refractivity contribution in [1.29, 1.82) is 0 Å². The van der Waals surface area contributed by atoms with Gasteiger partial charge in [0.1, 0.15) is 10.8 Å². The van der Waals surface area contributed by atoms with Crippen LogP contribution < -0.4 is 0 Å². The fourth-order valence-corrected chi connectivity index (χ4v) is 2.68. The number of nitrogens with zero attached hydrogens (tertiary/aromatic N) is 3. The predicted octanol–water partition coefficient (Wildman–Crippen LogP) is 2.96. The normalized spacial score (nSPS) is 12.9. The van der Waals surface area contributed by atoms with Gasteiger partial charge in [-0.3, -0.25) is 9.67 Å². The van der Waals surface area contributed by atoms with E-state index in [1.807, 2.05) is 11.6 Å². The Bertz CT molecular complexity index is 497. The Kier molecular flexibility index (Phi) is 3.50. The van der Waals surface area contributed by atoms with Crippen molar-refractivity contribution in [3.05, 3.63) is 27.2 Å². The highest BCUT2D eigenvalue weighted by Gasteiger charge is 2.15. The van der Waals surface area contributed by atoms with Crippen molar-refractivity contribution < 1.29 is 0 Å². The molecule has 4 nitrogen and oxygen atoms in total. The Hall–Kier alpha value is -1.01. The third-order valence-corrected chi connectivity index (χ3v) is 3.68. The molecule has 86 valence electrons. The zero-order valence-electron chi connectivity index (χ0n) is 9.30. The van der Waals surface area contributed by atoms with Crippen LogP contribution in [-0.2, 0) is 6.42 Å². The van der Waals surface area contributed by atoms with E-state index in [1.54, 1.807) is 11.3 Å². The Morgan fingerprint density at radius 1 is 1.62 bits per heavy atom. The summed E-state index contributed by atoms with van der Waals surface area (Å²) in [5.74, 6) is 1.01. The molecule has 1 atom stereocenters. The lowest BCUT2D eigenvalue weighted by Gasteiger charge is -2.12. The largest absolute Gasteiger partial charge is 0.294 e. The van der Waals surface area contributed by atoms with Gasteiger partial charge in [0.25, 0.3) is 0 Å². The summed E-state index contributed by atoms with van der Waals surface area (Å²) in [5.41, 5.74) is 0. The van der Waals surface area contributed by atoms with Gasteiger partial charge >= 0.3 is 0 Å². The molecular weight excluding hydrogens is 240 g/mol. The van der Waals surface area contributed by atoms with E-state index in [4.69, 9.17) is 12.2 Å². The Morgan fingerprint density at radius 2 is 2.44 bits per heavy atom. The van der Waals surface area contributed by atoms with Gasteiger partial charge in [-0.25, -0.2) is 4.98 Å². The molecule has 0 aliphatic rings. The molecule has 0 fully saturated rings. The van der Waals surface area contributed by atoms with Crippen molar-refractivity contribution in [2.75, 3.05) is 0 Å². The van der Waals surface area contributed by atoms with Gasteiger partial charge in [0.2, 0.25) is 0 Å². The summed E-state index contributed by atoms with van der Waals surface area (Å²) >= 11 is 6.90. The molecule has 1 N–H and O–H groups in total.